The summed E-state index contributed by atoms with van der Waals surface area (Å²) in [5.41, 5.74) is 1.17. The number of ether oxygens (including phenoxy) is 2. The van der Waals surface area contributed by atoms with Gasteiger partial charge in [0.2, 0.25) is 0 Å². The molecule has 1 atom stereocenters. The topological polar surface area (TPSA) is 50.8 Å². The van der Waals surface area contributed by atoms with Crippen LogP contribution in [0, 0.1) is 0 Å². The zero-order chi connectivity index (χ0) is 19.1. The van der Waals surface area contributed by atoms with Gasteiger partial charge in [0.05, 0.1) is 24.3 Å². The third kappa shape index (κ3) is 5.84. The molecule has 0 unspecified atom stereocenters. The molecule has 27 heavy (non-hydrogen) atoms. The smallest absolute Gasteiger partial charge is 0.258 e. The highest BCUT2D eigenvalue weighted by molar-refractivity contribution is 6.35. The van der Waals surface area contributed by atoms with Crippen LogP contribution >= 0.6 is 23.2 Å². The van der Waals surface area contributed by atoms with Crippen LogP contribution in [0.25, 0.3) is 0 Å². The second-order valence-corrected chi connectivity index (χ2v) is 7.09. The van der Waals surface area contributed by atoms with Gasteiger partial charge >= 0.3 is 0 Å². The number of amides is 1. The van der Waals surface area contributed by atoms with Crippen molar-refractivity contribution in [3.63, 3.8) is 0 Å². The Bertz CT molecular complexity index is 752. The first-order valence-electron chi connectivity index (χ1n) is 8.85. The largest absolute Gasteiger partial charge is 0.482 e. The Morgan fingerprint density at radius 3 is 2.59 bits per heavy atom. The average molecular weight is 409 g/mol. The minimum absolute atomic E-state index is 0.0955. The third-order valence-corrected chi connectivity index (χ3v) is 4.95. The number of hydrogen-bond donors (Lipinski definition) is 1. The van der Waals surface area contributed by atoms with E-state index < -0.39 is 0 Å². The molecule has 3 rings (SSSR count). The van der Waals surface area contributed by atoms with Crippen molar-refractivity contribution in [1.29, 1.82) is 0 Å². The number of nitrogens with zero attached hydrogens (tertiary/aromatic N) is 1. The summed E-state index contributed by atoms with van der Waals surface area (Å²) in [5, 5.41) is 3.87. The second kappa shape index (κ2) is 9.95. The number of carbonyl (C=O) groups is 1. The number of nitrogens with one attached hydrogen (secondary N) is 1. The molecule has 0 spiro atoms. The summed E-state index contributed by atoms with van der Waals surface area (Å²) in [6.45, 7) is 3.48. The van der Waals surface area contributed by atoms with Crippen molar-refractivity contribution in [3.05, 3.63) is 64.1 Å². The van der Waals surface area contributed by atoms with Gasteiger partial charge in [-0.25, -0.2) is 0 Å². The highest BCUT2D eigenvalue weighted by Gasteiger charge is 2.23. The SMILES string of the molecule is O=C(COc1ccc(Cl)cc1Cl)NC[C@@H](c1ccccc1)N1CCOCC1. The first-order valence-corrected chi connectivity index (χ1v) is 9.60. The number of halogens is 2. The molecule has 1 heterocycles. The molecule has 0 radical (unpaired) electrons. The second-order valence-electron chi connectivity index (χ2n) is 6.24. The van der Waals surface area contributed by atoms with Crippen LogP contribution < -0.4 is 10.1 Å². The molecule has 1 amide bonds. The van der Waals surface area contributed by atoms with Crippen molar-refractivity contribution >= 4 is 29.1 Å². The Labute approximate surface area is 169 Å². The zero-order valence-electron chi connectivity index (χ0n) is 14.9. The molecule has 5 nitrogen and oxygen atoms in total. The highest BCUT2D eigenvalue weighted by atomic mass is 35.5. The van der Waals surface area contributed by atoms with Gasteiger partial charge in [0.25, 0.3) is 5.91 Å². The van der Waals surface area contributed by atoms with E-state index in [1.54, 1.807) is 18.2 Å². The fourth-order valence-corrected chi connectivity index (χ4v) is 3.48. The Balaban J connectivity index is 1.56. The lowest BCUT2D eigenvalue weighted by Crippen LogP contribution is -2.44. The van der Waals surface area contributed by atoms with E-state index in [1.165, 1.54) is 5.56 Å². The summed E-state index contributed by atoms with van der Waals surface area (Å²) in [6.07, 6.45) is 0. The van der Waals surface area contributed by atoms with E-state index in [1.807, 2.05) is 18.2 Å². The van der Waals surface area contributed by atoms with E-state index in [0.29, 0.717) is 35.6 Å². The van der Waals surface area contributed by atoms with Crippen molar-refractivity contribution in [2.75, 3.05) is 39.5 Å². The van der Waals surface area contributed by atoms with Crippen LogP contribution in [-0.2, 0) is 9.53 Å². The minimum Gasteiger partial charge on any atom is -0.482 e. The molecule has 2 aromatic rings. The van der Waals surface area contributed by atoms with E-state index in [2.05, 4.69) is 22.3 Å². The lowest BCUT2D eigenvalue weighted by molar-refractivity contribution is -0.123. The highest BCUT2D eigenvalue weighted by Crippen LogP contribution is 2.27. The van der Waals surface area contributed by atoms with Crippen LogP contribution in [0.2, 0.25) is 10.0 Å². The standard InChI is InChI=1S/C20H22Cl2N2O3/c21-16-6-7-19(17(22)12-16)27-14-20(25)23-13-18(15-4-2-1-3-5-15)24-8-10-26-11-9-24/h1-7,12,18H,8-11,13-14H2,(H,23,25)/t18-/m0/s1. The zero-order valence-corrected chi connectivity index (χ0v) is 16.4. The molecule has 0 saturated carbocycles. The molecule has 1 aliphatic heterocycles. The Kier molecular flexibility index (Phi) is 7.35. The van der Waals surface area contributed by atoms with E-state index in [9.17, 15) is 4.79 Å². The summed E-state index contributed by atoms with van der Waals surface area (Å²) in [5.74, 6) is 0.235. The van der Waals surface area contributed by atoms with E-state index in [4.69, 9.17) is 32.7 Å². The van der Waals surface area contributed by atoms with Gasteiger partial charge in [0, 0.05) is 24.7 Å². The Hall–Kier alpha value is -1.79. The first-order chi connectivity index (χ1) is 13.1. The van der Waals surface area contributed by atoms with Crippen LogP contribution in [0.4, 0.5) is 0 Å². The van der Waals surface area contributed by atoms with Gasteiger partial charge < -0.3 is 14.8 Å². The maximum Gasteiger partial charge on any atom is 0.258 e. The molecule has 1 N–H and O–H groups in total. The van der Waals surface area contributed by atoms with E-state index in [0.717, 1.165) is 13.1 Å². The summed E-state index contributed by atoms with van der Waals surface area (Å²) in [7, 11) is 0. The van der Waals surface area contributed by atoms with Gasteiger partial charge in [-0.15, -0.1) is 0 Å². The normalized spacial score (nSPS) is 15.9. The van der Waals surface area contributed by atoms with Crippen LogP contribution in [-0.4, -0.2) is 50.3 Å². The monoisotopic (exact) mass is 408 g/mol. The molecule has 0 aromatic heterocycles. The molecular weight excluding hydrogens is 387 g/mol. The minimum atomic E-state index is -0.199. The Morgan fingerprint density at radius 1 is 1.15 bits per heavy atom. The maximum atomic E-state index is 12.3. The summed E-state index contributed by atoms with van der Waals surface area (Å²) in [6, 6.07) is 15.2. The number of rotatable bonds is 7. The number of benzene rings is 2. The van der Waals surface area contributed by atoms with Crippen molar-refractivity contribution < 1.29 is 14.3 Å². The van der Waals surface area contributed by atoms with Crippen LogP contribution in [0.15, 0.2) is 48.5 Å². The van der Waals surface area contributed by atoms with Crippen LogP contribution in [0.5, 0.6) is 5.75 Å². The molecule has 1 aliphatic rings. The van der Waals surface area contributed by atoms with Crippen molar-refractivity contribution in [1.82, 2.24) is 10.2 Å². The molecule has 1 saturated heterocycles. The van der Waals surface area contributed by atoms with Crippen molar-refractivity contribution in [2.24, 2.45) is 0 Å². The summed E-state index contributed by atoms with van der Waals surface area (Å²) < 4.78 is 10.9. The quantitative estimate of drug-likeness (QED) is 0.760. The maximum absolute atomic E-state index is 12.3. The van der Waals surface area contributed by atoms with Crippen molar-refractivity contribution in [3.8, 4) is 5.75 Å². The van der Waals surface area contributed by atoms with E-state index >= 15 is 0 Å². The third-order valence-electron chi connectivity index (χ3n) is 4.42. The molecule has 0 bridgehead atoms. The molecule has 1 fully saturated rings. The molecule has 2 aromatic carbocycles. The van der Waals surface area contributed by atoms with Crippen LogP contribution in [0.3, 0.4) is 0 Å². The lowest BCUT2D eigenvalue weighted by Gasteiger charge is -2.34. The Morgan fingerprint density at radius 2 is 1.89 bits per heavy atom. The molecule has 0 aliphatic carbocycles. The molecular formula is C20H22Cl2N2O3. The first kappa shape index (κ1) is 20.0. The number of morpholine rings is 1. The summed E-state index contributed by atoms with van der Waals surface area (Å²) >= 11 is 11.9. The summed E-state index contributed by atoms with van der Waals surface area (Å²) in [4.78, 5) is 14.6. The van der Waals surface area contributed by atoms with Crippen molar-refractivity contribution in [2.45, 2.75) is 6.04 Å². The average Bonchev–Trinajstić information content (AvgIpc) is 2.69. The van der Waals surface area contributed by atoms with Gasteiger partial charge in [-0.3, -0.25) is 9.69 Å². The fourth-order valence-electron chi connectivity index (χ4n) is 3.02. The molecule has 7 heteroatoms. The van der Waals surface area contributed by atoms with Gasteiger partial charge in [-0.05, 0) is 23.8 Å². The van der Waals surface area contributed by atoms with Crippen LogP contribution in [0.1, 0.15) is 11.6 Å². The lowest BCUT2D eigenvalue weighted by atomic mass is 10.0. The molecule has 144 valence electrons. The predicted octanol–water partition coefficient (Wildman–Crippen LogP) is 3.56. The number of hydrogen-bond acceptors (Lipinski definition) is 4. The van der Waals surface area contributed by atoms with Gasteiger partial charge in [-0.2, -0.15) is 0 Å². The van der Waals surface area contributed by atoms with Gasteiger partial charge in [0.1, 0.15) is 5.75 Å². The van der Waals surface area contributed by atoms with Gasteiger partial charge in [0.15, 0.2) is 6.61 Å². The van der Waals surface area contributed by atoms with Gasteiger partial charge in [-0.1, -0.05) is 53.5 Å². The number of carbonyl (C=O) groups excluding carboxylic acids is 1. The van der Waals surface area contributed by atoms with E-state index in [-0.39, 0.29) is 18.6 Å². The predicted molar refractivity (Wildman–Crippen MR) is 107 cm³/mol. The fraction of sp³-hybridized carbons (Fsp3) is 0.350.